The van der Waals surface area contributed by atoms with Gasteiger partial charge in [0.2, 0.25) is 5.95 Å². The van der Waals surface area contributed by atoms with E-state index < -0.39 is 5.91 Å². The highest BCUT2D eigenvalue weighted by atomic mass is 16.1. The fraction of sp³-hybridized carbons (Fsp3) is 0.500. The molecule has 0 radical (unpaired) electrons. The van der Waals surface area contributed by atoms with Gasteiger partial charge in [-0.05, 0) is 26.2 Å². The van der Waals surface area contributed by atoms with E-state index in [1.165, 1.54) is 12.6 Å². The predicted molar refractivity (Wildman–Crippen MR) is 60.8 cm³/mol. The zero-order valence-corrected chi connectivity index (χ0v) is 9.16. The quantitative estimate of drug-likeness (QED) is 0.689. The van der Waals surface area contributed by atoms with Gasteiger partial charge >= 0.3 is 0 Å². The van der Waals surface area contributed by atoms with E-state index in [-0.39, 0.29) is 17.1 Å². The molecule has 1 aromatic heterocycles. The van der Waals surface area contributed by atoms with Gasteiger partial charge in [0, 0.05) is 11.7 Å². The molecule has 1 aliphatic carbocycles. The van der Waals surface area contributed by atoms with E-state index in [1.54, 1.807) is 0 Å². The van der Waals surface area contributed by atoms with Crippen LogP contribution in [0.2, 0.25) is 0 Å². The van der Waals surface area contributed by atoms with Crippen molar-refractivity contribution in [2.24, 2.45) is 5.73 Å². The number of carbonyl (C=O) groups excluding carboxylic acids is 1. The first-order chi connectivity index (χ1) is 7.50. The van der Waals surface area contributed by atoms with Gasteiger partial charge in [-0.2, -0.15) is 4.98 Å². The van der Waals surface area contributed by atoms with E-state index in [9.17, 15) is 4.79 Å². The van der Waals surface area contributed by atoms with Crippen LogP contribution in [0.25, 0.3) is 0 Å². The van der Waals surface area contributed by atoms with Gasteiger partial charge in [0.1, 0.15) is 5.82 Å². The molecular formula is C10H15N5O. The number of hydrogen-bond acceptors (Lipinski definition) is 5. The van der Waals surface area contributed by atoms with Crippen molar-refractivity contribution < 1.29 is 4.79 Å². The molecule has 1 aliphatic rings. The highest BCUT2D eigenvalue weighted by molar-refractivity contribution is 5.97. The first-order valence-corrected chi connectivity index (χ1v) is 5.21. The minimum atomic E-state index is -0.551. The molecule has 0 atom stereocenters. The number of amides is 1. The summed E-state index contributed by atoms with van der Waals surface area (Å²) in [6.07, 6.45) is 4.63. The van der Waals surface area contributed by atoms with Crippen LogP contribution in [0.1, 0.15) is 36.5 Å². The van der Waals surface area contributed by atoms with E-state index in [0.717, 1.165) is 12.8 Å². The number of nitrogen functional groups attached to an aromatic ring is 1. The third-order valence-electron chi connectivity index (χ3n) is 2.95. The van der Waals surface area contributed by atoms with Crippen molar-refractivity contribution in [3.63, 3.8) is 0 Å². The van der Waals surface area contributed by atoms with Gasteiger partial charge in [-0.1, -0.05) is 0 Å². The summed E-state index contributed by atoms with van der Waals surface area (Å²) in [6.45, 7) is 2.08. The largest absolute Gasteiger partial charge is 0.368 e. The molecule has 1 aromatic rings. The normalized spacial score (nSPS) is 17.6. The number of rotatable bonds is 3. The SMILES string of the molecule is CC1(Nc2nc(N)ncc2C(N)=O)CCC1. The monoisotopic (exact) mass is 221 g/mol. The van der Waals surface area contributed by atoms with Crippen LogP contribution >= 0.6 is 0 Å². The van der Waals surface area contributed by atoms with Gasteiger partial charge in [0.05, 0.1) is 5.56 Å². The van der Waals surface area contributed by atoms with Crippen molar-refractivity contribution in [3.8, 4) is 0 Å². The third-order valence-corrected chi connectivity index (χ3v) is 2.95. The summed E-state index contributed by atoms with van der Waals surface area (Å²) >= 11 is 0. The Hall–Kier alpha value is -1.85. The molecule has 1 amide bonds. The van der Waals surface area contributed by atoms with Gasteiger partial charge in [-0.25, -0.2) is 4.98 Å². The van der Waals surface area contributed by atoms with Crippen molar-refractivity contribution in [2.75, 3.05) is 11.1 Å². The van der Waals surface area contributed by atoms with Crippen LogP contribution < -0.4 is 16.8 Å². The summed E-state index contributed by atoms with van der Waals surface area (Å²) in [5.74, 6) is 0.0167. The molecule has 6 nitrogen and oxygen atoms in total. The van der Waals surface area contributed by atoms with Crippen LogP contribution in [0.4, 0.5) is 11.8 Å². The summed E-state index contributed by atoms with van der Waals surface area (Å²) in [5, 5.41) is 3.21. The van der Waals surface area contributed by atoms with Gasteiger partial charge in [0.25, 0.3) is 5.91 Å². The highest BCUT2D eigenvalue weighted by Gasteiger charge is 2.32. The molecule has 0 unspecified atom stereocenters. The van der Waals surface area contributed by atoms with Crippen molar-refractivity contribution in [1.29, 1.82) is 0 Å². The average Bonchev–Trinajstić information content (AvgIpc) is 2.15. The van der Waals surface area contributed by atoms with Crippen LogP contribution in [0.5, 0.6) is 0 Å². The maximum absolute atomic E-state index is 11.2. The van der Waals surface area contributed by atoms with Crippen LogP contribution in [0, 0.1) is 0 Å². The van der Waals surface area contributed by atoms with Crippen LogP contribution in [-0.2, 0) is 0 Å². The number of nitrogens with one attached hydrogen (secondary N) is 1. The fourth-order valence-electron chi connectivity index (χ4n) is 1.79. The van der Waals surface area contributed by atoms with Crippen molar-refractivity contribution in [1.82, 2.24) is 9.97 Å². The Morgan fingerprint density at radius 3 is 2.75 bits per heavy atom. The fourth-order valence-corrected chi connectivity index (χ4v) is 1.79. The summed E-state index contributed by atoms with van der Waals surface area (Å²) in [6, 6.07) is 0. The Labute approximate surface area is 93.4 Å². The molecule has 16 heavy (non-hydrogen) atoms. The van der Waals surface area contributed by atoms with Gasteiger partial charge in [-0.3, -0.25) is 4.79 Å². The molecular weight excluding hydrogens is 206 g/mol. The molecule has 1 heterocycles. The number of anilines is 2. The maximum Gasteiger partial charge on any atom is 0.254 e. The Balaban J connectivity index is 2.30. The molecule has 6 heteroatoms. The molecule has 1 saturated carbocycles. The molecule has 0 aliphatic heterocycles. The molecule has 1 fully saturated rings. The molecule has 0 saturated heterocycles. The van der Waals surface area contributed by atoms with Crippen molar-refractivity contribution in [3.05, 3.63) is 11.8 Å². The lowest BCUT2D eigenvalue weighted by molar-refractivity contribution is 0.100. The van der Waals surface area contributed by atoms with Crippen molar-refractivity contribution in [2.45, 2.75) is 31.7 Å². The predicted octanol–water partition coefficient (Wildman–Crippen LogP) is 0.512. The summed E-state index contributed by atoms with van der Waals surface area (Å²) < 4.78 is 0. The van der Waals surface area contributed by atoms with E-state index in [1.807, 2.05) is 0 Å². The molecule has 0 aromatic carbocycles. The zero-order valence-electron chi connectivity index (χ0n) is 9.16. The lowest BCUT2D eigenvalue weighted by Crippen LogP contribution is -2.42. The number of aromatic nitrogens is 2. The Morgan fingerprint density at radius 1 is 1.56 bits per heavy atom. The second-order valence-electron chi connectivity index (χ2n) is 4.39. The minimum Gasteiger partial charge on any atom is -0.368 e. The van der Waals surface area contributed by atoms with Gasteiger partial charge in [0.15, 0.2) is 0 Å². The summed E-state index contributed by atoms with van der Waals surface area (Å²) in [4.78, 5) is 19.0. The van der Waals surface area contributed by atoms with E-state index in [2.05, 4.69) is 22.2 Å². The Bertz CT molecular complexity index is 427. The molecule has 86 valence electrons. The van der Waals surface area contributed by atoms with Crippen LogP contribution in [0.3, 0.4) is 0 Å². The molecule has 0 spiro atoms. The van der Waals surface area contributed by atoms with Gasteiger partial charge < -0.3 is 16.8 Å². The van der Waals surface area contributed by atoms with E-state index in [0.29, 0.717) is 5.82 Å². The third kappa shape index (κ3) is 1.91. The molecule has 2 rings (SSSR count). The number of nitrogens with zero attached hydrogens (tertiary/aromatic N) is 2. The number of nitrogens with two attached hydrogens (primary N) is 2. The zero-order chi connectivity index (χ0) is 11.8. The summed E-state index contributed by atoms with van der Waals surface area (Å²) in [7, 11) is 0. The lowest BCUT2D eigenvalue weighted by Gasteiger charge is -2.39. The van der Waals surface area contributed by atoms with E-state index in [4.69, 9.17) is 11.5 Å². The molecule has 5 N–H and O–H groups in total. The second kappa shape index (κ2) is 3.62. The summed E-state index contributed by atoms with van der Waals surface area (Å²) in [5.41, 5.74) is 11.0. The number of hydrogen-bond donors (Lipinski definition) is 3. The Kier molecular flexibility index (Phi) is 2.41. The first kappa shape index (κ1) is 10.7. The maximum atomic E-state index is 11.2. The second-order valence-corrected chi connectivity index (χ2v) is 4.39. The lowest BCUT2D eigenvalue weighted by atomic mass is 9.78. The Morgan fingerprint density at radius 2 is 2.25 bits per heavy atom. The van der Waals surface area contributed by atoms with Crippen LogP contribution in [-0.4, -0.2) is 21.4 Å². The van der Waals surface area contributed by atoms with E-state index >= 15 is 0 Å². The minimum absolute atomic E-state index is 0.00894. The first-order valence-electron chi connectivity index (χ1n) is 5.21. The standard InChI is InChI=1S/C10H15N5O/c1-10(3-2-4-10)15-8-6(7(11)16)5-13-9(12)14-8/h5H,2-4H2,1H3,(H2,11,16)(H3,12,13,14,15). The highest BCUT2D eigenvalue weighted by Crippen LogP contribution is 2.34. The van der Waals surface area contributed by atoms with Crippen LogP contribution in [0.15, 0.2) is 6.20 Å². The topological polar surface area (TPSA) is 107 Å². The van der Waals surface area contributed by atoms with Gasteiger partial charge in [-0.15, -0.1) is 0 Å². The average molecular weight is 221 g/mol. The number of carbonyl (C=O) groups is 1. The smallest absolute Gasteiger partial charge is 0.254 e. The number of primary amides is 1. The molecule has 0 bridgehead atoms. The van der Waals surface area contributed by atoms with Crippen molar-refractivity contribution >= 4 is 17.7 Å².